The first-order chi connectivity index (χ1) is 10.9. The van der Waals surface area contributed by atoms with Gasteiger partial charge >= 0.3 is 7.32 Å². The lowest BCUT2D eigenvalue weighted by molar-refractivity contribution is 0.235. The van der Waals surface area contributed by atoms with Crippen molar-refractivity contribution in [1.82, 2.24) is 4.98 Å². The summed E-state index contributed by atoms with van der Waals surface area (Å²) in [5, 5.41) is 3.88. The van der Waals surface area contributed by atoms with Gasteiger partial charge in [0.1, 0.15) is 11.5 Å². The number of nitrogens with zero attached hydrogens (tertiary/aromatic N) is 2. The molecule has 23 heavy (non-hydrogen) atoms. The highest BCUT2D eigenvalue weighted by molar-refractivity contribution is 6.40. The van der Waals surface area contributed by atoms with Crippen molar-refractivity contribution in [1.29, 1.82) is 0 Å². The van der Waals surface area contributed by atoms with E-state index in [2.05, 4.69) is 37.0 Å². The van der Waals surface area contributed by atoms with E-state index in [9.17, 15) is 0 Å². The van der Waals surface area contributed by atoms with Crippen LogP contribution in [0.2, 0.25) is 0 Å². The van der Waals surface area contributed by atoms with E-state index in [1.165, 1.54) is 6.21 Å². The monoisotopic (exact) mass is 310 g/mol. The predicted octanol–water partition coefficient (Wildman–Crippen LogP) is 3.49. The maximum atomic E-state index is 5.78. The minimum Gasteiger partial charge on any atom is -0.485 e. The molecule has 2 aromatic rings. The van der Waals surface area contributed by atoms with Crippen LogP contribution in [0, 0.1) is 6.92 Å². The van der Waals surface area contributed by atoms with Crippen LogP contribution in [-0.2, 0) is 10.2 Å². The van der Waals surface area contributed by atoms with E-state index in [1.807, 2.05) is 31.2 Å². The number of aryl methyl sites for hydroxylation is 1. The van der Waals surface area contributed by atoms with Crippen LogP contribution < -0.4 is 9.31 Å². The van der Waals surface area contributed by atoms with E-state index in [0.717, 1.165) is 16.9 Å². The zero-order valence-electron chi connectivity index (χ0n) is 13.7. The molecular weight excluding hydrogens is 291 g/mol. The SMILES string of the molecule is Cc1cc2c(c(C(C)(C)C)c1)OB(O/N=C/c1ccccn1)O2. The lowest BCUT2D eigenvalue weighted by Gasteiger charge is -2.21. The highest BCUT2D eigenvalue weighted by atomic mass is 16.8. The molecule has 0 unspecified atom stereocenters. The summed E-state index contributed by atoms with van der Waals surface area (Å²) in [5.74, 6) is 1.41. The van der Waals surface area contributed by atoms with Crippen molar-refractivity contribution >= 4 is 13.5 Å². The van der Waals surface area contributed by atoms with Gasteiger partial charge in [-0.05, 0) is 36.1 Å². The number of fused-ring (bicyclic) bond motifs is 1. The first kappa shape index (κ1) is 15.4. The van der Waals surface area contributed by atoms with Crippen LogP contribution in [0.3, 0.4) is 0 Å². The zero-order valence-corrected chi connectivity index (χ0v) is 13.7. The fourth-order valence-corrected chi connectivity index (χ4v) is 2.36. The third kappa shape index (κ3) is 3.47. The van der Waals surface area contributed by atoms with Crippen molar-refractivity contribution < 1.29 is 14.1 Å². The number of oxime groups is 1. The van der Waals surface area contributed by atoms with Gasteiger partial charge in [0.25, 0.3) is 0 Å². The number of benzene rings is 1. The molecule has 1 aliphatic rings. The quantitative estimate of drug-likeness (QED) is 0.495. The van der Waals surface area contributed by atoms with Crippen molar-refractivity contribution in [2.75, 3.05) is 0 Å². The highest BCUT2D eigenvalue weighted by Gasteiger charge is 2.41. The topological polar surface area (TPSA) is 52.9 Å². The number of rotatable bonds is 3. The molecule has 1 aromatic carbocycles. The van der Waals surface area contributed by atoms with Gasteiger partial charge in [0.2, 0.25) is 0 Å². The molecule has 0 N–H and O–H groups in total. The first-order valence-electron chi connectivity index (χ1n) is 7.52. The molecule has 6 heteroatoms. The molecule has 0 saturated carbocycles. The van der Waals surface area contributed by atoms with Crippen LogP contribution >= 0.6 is 0 Å². The molecule has 1 aromatic heterocycles. The standard InChI is InChI=1S/C17H19BN2O3/c1-12-9-14(17(2,3)4)16-15(10-12)21-18(22-16)23-20-11-13-7-5-6-8-19-13/h5-11H,1-4H3/b20-11+. The fraction of sp³-hybridized carbons (Fsp3) is 0.294. The molecule has 3 rings (SSSR count). The molecular formula is C17H19BN2O3. The summed E-state index contributed by atoms with van der Waals surface area (Å²) in [6, 6.07) is 9.61. The maximum absolute atomic E-state index is 5.78. The van der Waals surface area contributed by atoms with Gasteiger partial charge in [0.05, 0.1) is 11.9 Å². The Bertz CT molecular complexity index is 727. The largest absolute Gasteiger partial charge is 0.886 e. The average molecular weight is 310 g/mol. The predicted molar refractivity (Wildman–Crippen MR) is 89.8 cm³/mol. The summed E-state index contributed by atoms with van der Waals surface area (Å²) in [5.41, 5.74) is 2.86. The molecule has 1 aliphatic heterocycles. The molecule has 0 amide bonds. The van der Waals surface area contributed by atoms with Gasteiger partial charge in [0, 0.05) is 11.8 Å². The second kappa shape index (κ2) is 5.95. The molecule has 0 fully saturated rings. The fourth-order valence-electron chi connectivity index (χ4n) is 2.36. The summed E-state index contributed by atoms with van der Waals surface area (Å²) < 4.78 is 16.7. The van der Waals surface area contributed by atoms with Gasteiger partial charge in [-0.15, -0.1) is 5.16 Å². The van der Waals surface area contributed by atoms with Crippen LogP contribution in [0.15, 0.2) is 41.7 Å². The van der Waals surface area contributed by atoms with Crippen molar-refractivity contribution in [3.8, 4) is 11.5 Å². The Kier molecular flexibility index (Phi) is 3.98. The Morgan fingerprint density at radius 3 is 2.74 bits per heavy atom. The summed E-state index contributed by atoms with van der Waals surface area (Å²) in [6.45, 7) is 8.45. The van der Waals surface area contributed by atoms with Gasteiger partial charge in [-0.2, -0.15) is 0 Å². The summed E-state index contributed by atoms with van der Waals surface area (Å²) >= 11 is 0. The number of pyridine rings is 1. The normalized spacial score (nSPS) is 13.7. The van der Waals surface area contributed by atoms with E-state index in [1.54, 1.807) is 6.20 Å². The molecule has 0 aliphatic carbocycles. The van der Waals surface area contributed by atoms with Gasteiger partial charge in [0.15, 0.2) is 0 Å². The maximum Gasteiger partial charge on any atom is 0.886 e. The zero-order chi connectivity index (χ0) is 16.4. The molecule has 2 heterocycles. The Morgan fingerprint density at radius 2 is 2.04 bits per heavy atom. The van der Waals surface area contributed by atoms with E-state index in [4.69, 9.17) is 14.1 Å². The summed E-state index contributed by atoms with van der Waals surface area (Å²) in [7, 11) is -0.882. The lowest BCUT2D eigenvalue weighted by Crippen LogP contribution is -2.27. The Labute approximate surface area is 136 Å². The lowest BCUT2D eigenvalue weighted by atomic mass is 9.85. The Hall–Kier alpha value is -2.50. The Balaban J connectivity index is 1.73. The van der Waals surface area contributed by atoms with E-state index in [-0.39, 0.29) is 5.41 Å². The second-order valence-corrected chi connectivity index (χ2v) is 6.51. The minimum atomic E-state index is -0.882. The molecule has 118 valence electrons. The molecule has 0 atom stereocenters. The van der Waals surface area contributed by atoms with Crippen LogP contribution in [0.1, 0.15) is 37.6 Å². The second-order valence-electron chi connectivity index (χ2n) is 6.51. The van der Waals surface area contributed by atoms with Gasteiger partial charge < -0.3 is 14.1 Å². The molecule has 0 bridgehead atoms. The smallest absolute Gasteiger partial charge is 0.485 e. The van der Waals surface area contributed by atoms with Crippen LogP contribution in [0.25, 0.3) is 0 Å². The third-order valence-corrected chi connectivity index (χ3v) is 3.46. The minimum absolute atomic E-state index is 0.0500. The van der Waals surface area contributed by atoms with Crippen LogP contribution in [-0.4, -0.2) is 18.5 Å². The van der Waals surface area contributed by atoms with Crippen molar-refractivity contribution in [2.24, 2.45) is 5.16 Å². The van der Waals surface area contributed by atoms with Crippen LogP contribution in [0.4, 0.5) is 0 Å². The highest BCUT2D eigenvalue weighted by Crippen LogP contribution is 2.43. The van der Waals surface area contributed by atoms with Crippen LogP contribution in [0.5, 0.6) is 11.5 Å². The van der Waals surface area contributed by atoms with Gasteiger partial charge in [-0.25, -0.2) is 0 Å². The summed E-state index contributed by atoms with van der Waals surface area (Å²) in [6.07, 6.45) is 3.21. The molecule has 0 spiro atoms. The van der Waals surface area contributed by atoms with Gasteiger partial charge in [-0.1, -0.05) is 32.9 Å². The van der Waals surface area contributed by atoms with E-state index >= 15 is 0 Å². The number of hydrogen-bond donors (Lipinski definition) is 0. The Morgan fingerprint density at radius 1 is 1.22 bits per heavy atom. The molecule has 0 saturated heterocycles. The number of aromatic nitrogens is 1. The van der Waals surface area contributed by atoms with Crippen molar-refractivity contribution in [3.05, 3.63) is 53.3 Å². The first-order valence-corrected chi connectivity index (χ1v) is 7.52. The van der Waals surface area contributed by atoms with Crippen molar-refractivity contribution in [3.63, 3.8) is 0 Å². The third-order valence-electron chi connectivity index (χ3n) is 3.46. The van der Waals surface area contributed by atoms with Crippen molar-refractivity contribution in [2.45, 2.75) is 33.1 Å². The van der Waals surface area contributed by atoms with Gasteiger partial charge in [-0.3, -0.25) is 4.98 Å². The van der Waals surface area contributed by atoms with E-state index in [0.29, 0.717) is 11.4 Å². The summed E-state index contributed by atoms with van der Waals surface area (Å²) in [4.78, 5) is 4.13. The van der Waals surface area contributed by atoms with E-state index < -0.39 is 7.32 Å². The number of hydrogen-bond acceptors (Lipinski definition) is 5. The molecule has 5 nitrogen and oxygen atoms in total. The molecule has 0 radical (unpaired) electrons. The average Bonchev–Trinajstić information content (AvgIpc) is 2.89.